The van der Waals surface area contributed by atoms with Crippen molar-refractivity contribution in [3.8, 4) is 11.5 Å². The zero-order valence-corrected chi connectivity index (χ0v) is 20.9. The summed E-state index contributed by atoms with van der Waals surface area (Å²) in [5.41, 5.74) is 0.990. The summed E-state index contributed by atoms with van der Waals surface area (Å²) in [6.45, 7) is 1.88. The van der Waals surface area contributed by atoms with Gasteiger partial charge in [0.05, 0.1) is 18.4 Å². The summed E-state index contributed by atoms with van der Waals surface area (Å²) in [7, 11) is 1.51. The van der Waals surface area contributed by atoms with Crippen LogP contribution in [-0.2, 0) is 11.4 Å². The number of hydrazone groups is 1. The zero-order chi connectivity index (χ0) is 25.0. The number of amides is 1. The first kappa shape index (κ1) is 22.6. The van der Waals surface area contributed by atoms with Crippen LogP contribution >= 0.6 is 23.1 Å². The van der Waals surface area contributed by atoms with Crippen molar-refractivity contribution in [3.05, 3.63) is 56.5 Å². The third kappa shape index (κ3) is 4.09. The Morgan fingerprint density at radius 3 is 2.83 bits per heavy atom. The lowest BCUT2D eigenvalue weighted by atomic mass is 10.1. The predicted octanol–water partition coefficient (Wildman–Crippen LogP) is 3.08. The largest absolute Gasteiger partial charge is 0.493 e. The van der Waals surface area contributed by atoms with Gasteiger partial charge in [-0.2, -0.15) is 24.7 Å². The van der Waals surface area contributed by atoms with Gasteiger partial charge in [-0.05, 0) is 55.3 Å². The van der Waals surface area contributed by atoms with E-state index in [1.807, 2.05) is 6.92 Å². The molecule has 0 unspecified atom stereocenters. The lowest BCUT2D eigenvalue weighted by Gasteiger charge is -2.20. The Bertz CT molecular complexity index is 1600. The molecule has 2 aliphatic heterocycles. The average molecular weight is 522 g/mol. The van der Waals surface area contributed by atoms with E-state index in [-0.39, 0.29) is 23.6 Å². The maximum Gasteiger partial charge on any atom is 0.283 e. The van der Waals surface area contributed by atoms with Crippen LogP contribution in [0.25, 0.3) is 11.0 Å². The van der Waals surface area contributed by atoms with E-state index in [4.69, 9.17) is 14.9 Å². The van der Waals surface area contributed by atoms with Gasteiger partial charge in [-0.1, -0.05) is 17.4 Å². The molecular formula is C23H19N7O4S2. The summed E-state index contributed by atoms with van der Waals surface area (Å²) in [4.78, 5) is 34.0. The molecule has 1 fully saturated rings. The number of nitrogens with one attached hydrogen (secondary N) is 1. The van der Waals surface area contributed by atoms with Crippen LogP contribution in [0.4, 0.5) is 0 Å². The van der Waals surface area contributed by atoms with Crippen molar-refractivity contribution in [1.82, 2.24) is 19.6 Å². The van der Waals surface area contributed by atoms with Gasteiger partial charge in [-0.3, -0.25) is 15.0 Å². The molecule has 1 aromatic carbocycles. The number of rotatable bonds is 6. The molecule has 0 spiro atoms. The van der Waals surface area contributed by atoms with Crippen LogP contribution in [0.2, 0.25) is 0 Å². The number of aryl methyl sites for hydroxylation is 1. The minimum Gasteiger partial charge on any atom is -0.493 e. The second kappa shape index (κ2) is 8.68. The molecule has 0 atom stereocenters. The molecule has 0 radical (unpaired) electrons. The Kier molecular flexibility index (Phi) is 5.45. The SMILES string of the molecule is COc1cc(/C=C2\C(=N)N3N=C(C4CC4)SC3=NC2=O)ccc1OCc1cc(=O)n2nc(C)sc2n1. The van der Waals surface area contributed by atoms with E-state index in [2.05, 4.69) is 20.2 Å². The number of aliphatic imine (C=N–C) groups is 1. The molecule has 3 aromatic rings. The van der Waals surface area contributed by atoms with Gasteiger partial charge < -0.3 is 9.47 Å². The Morgan fingerprint density at radius 1 is 1.22 bits per heavy atom. The number of thioether (sulfide) groups is 1. The van der Waals surface area contributed by atoms with Crippen LogP contribution in [-0.4, -0.2) is 48.7 Å². The number of benzene rings is 1. The quantitative estimate of drug-likeness (QED) is 0.489. The van der Waals surface area contributed by atoms with Crippen molar-refractivity contribution in [2.45, 2.75) is 26.4 Å². The fourth-order valence-corrected chi connectivity index (χ4v) is 5.57. The van der Waals surface area contributed by atoms with E-state index < -0.39 is 5.91 Å². The molecule has 1 amide bonds. The highest BCUT2D eigenvalue weighted by atomic mass is 32.2. The molecule has 1 saturated carbocycles. The minimum absolute atomic E-state index is 0.00139. The second-order valence-electron chi connectivity index (χ2n) is 8.33. The number of fused-ring (bicyclic) bond motifs is 2. The van der Waals surface area contributed by atoms with Crippen molar-refractivity contribution in [1.29, 1.82) is 5.41 Å². The van der Waals surface area contributed by atoms with Gasteiger partial charge in [0.2, 0.25) is 10.1 Å². The Hall–Kier alpha value is -3.84. The molecule has 13 heteroatoms. The summed E-state index contributed by atoms with van der Waals surface area (Å²) in [5, 5.41) is 20.7. The van der Waals surface area contributed by atoms with E-state index in [0.29, 0.717) is 38.8 Å². The number of carbonyl (C=O) groups excluding carboxylic acids is 1. The molecule has 0 saturated heterocycles. The van der Waals surface area contributed by atoms with Gasteiger partial charge in [0, 0.05) is 12.0 Å². The first-order valence-corrected chi connectivity index (χ1v) is 12.7. The average Bonchev–Trinajstić information content (AvgIpc) is 3.51. The lowest BCUT2D eigenvalue weighted by Crippen LogP contribution is -2.35. The molecule has 6 rings (SSSR count). The summed E-state index contributed by atoms with van der Waals surface area (Å²) < 4.78 is 12.6. The van der Waals surface area contributed by atoms with Crippen molar-refractivity contribution < 1.29 is 14.3 Å². The Morgan fingerprint density at radius 2 is 2.06 bits per heavy atom. The smallest absolute Gasteiger partial charge is 0.283 e. The van der Waals surface area contributed by atoms with E-state index in [0.717, 1.165) is 22.9 Å². The second-order valence-corrected chi connectivity index (χ2v) is 10.5. The monoisotopic (exact) mass is 521 g/mol. The number of carbonyl (C=O) groups is 1. The van der Waals surface area contributed by atoms with Crippen LogP contribution in [0.15, 0.2) is 44.7 Å². The number of aromatic nitrogens is 3. The highest BCUT2D eigenvalue weighted by Crippen LogP contribution is 2.40. The van der Waals surface area contributed by atoms with Crippen LogP contribution in [0.3, 0.4) is 0 Å². The maximum absolute atomic E-state index is 12.7. The molecule has 11 nitrogen and oxygen atoms in total. The van der Waals surface area contributed by atoms with Gasteiger partial charge in [0.1, 0.15) is 16.7 Å². The molecule has 2 aromatic heterocycles. The van der Waals surface area contributed by atoms with Crippen LogP contribution < -0.4 is 15.0 Å². The van der Waals surface area contributed by atoms with Crippen molar-refractivity contribution >= 4 is 56.1 Å². The van der Waals surface area contributed by atoms with Crippen LogP contribution in [0.5, 0.6) is 11.5 Å². The molecule has 4 heterocycles. The number of hydrogen-bond acceptors (Lipinski definition) is 10. The van der Waals surface area contributed by atoms with E-state index >= 15 is 0 Å². The van der Waals surface area contributed by atoms with E-state index in [1.165, 1.54) is 45.8 Å². The van der Waals surface area contributed by atoms with Crippen molar-refractivity contribution in [3.63, 3.8) is 0 Å². The maximum atomic E-state index is 12.7. The molecule has 182 valence electrons. The zero-order valence-electron chi connectivity index (χ0n) is 19.2. The summed E-state index contributed by atoms with van der Waals surface area (Å²) in [6.07, 6.45) is 3.75. The number of amidine groups is 2. The van der Waals surface area contributed by atoms with Gasteiger partial charge in [-0.25, -0.2) is 4.98 Å². The Balaban J connectivity index is 1.23. The van der Waals surface area contributed by atoms with Crippen molar-refractivity contribution in [2.24, 2.45) is 16.0 Å². The highest BCUT2D eigenvalue weighted by Gasteiger charge is 2.40. The standard InChI is InChI=1S/C23H19N7O4S2/c1-11-27-29-18(31)9-14(25-22(29)35-11)10-34-16-6-3-12(8-17(16)33-2)7-15-19(24)30-23(26-20(15)32)36-21(28-30)13-4-5-13/h3,6-9,13,24H,4-5,10H2,1-2H3/b15-7+,24-19?. The summed E-state index contributed by atoms with van der Waals surface area (Å²) in [6, 6.07) is 6.55. The third-order valence-corrected chi connectivity index (χ3v) is 7.56. The fourth-order valence-electron chi connectivity index (χ4n) is 3.74. The van der Waals surface area contributed by atoms with Crippen LogP contribution in [0, 0.1) is 18.3 Å². The van der Waals surface area contributed by atoms with Gasteiger partial charge in [-0.15, -0.1) is 0 Å². The first-order chi connectivity index (χ1) is 17.4. The molecule has 0 bridgehead atoms. The summed E-state index contributed by atoms with van der Waals surface area (Å²) in [5.74, 6) is 0.815. The van der Waals surface area contributed by atoms with Crippen LogP contribution in [0.1, 0.15) is 29.1 Å². The topological polar surface area (TPSA) is 135 Å². The molecule has 3 aliphatic rings. The summed E-state index contributed by atoms with van der Waals surface area (Å²) >= 11 is 2.69. The highest BCUT2D eigenvalue weighted by molar-refractivity contribution is 8.27. The third-order valence-electron chi connectivity index (χ3n) is 5.67. The number of hydrogen-bond donors (Lipinski definition) is 1. The molecule has 1 aliphatic carbocycles. The molecule has 36 heavy (non-hydrogen) atoms. The normalized spacial score (nSPS) is 18.5. The van der Waals surface area contributed by atoms with Gasteiger partial charge in [0.25, 0.3) is 11.5 Å². The van der Waals surface area contributed by atoms with Gasteiger partial charge >= 0.3 is 0 Å². The number of nitrogens with zero attached hydrogens (tertiary/aromatic N) is 6. The number of ether oxygens (including phenoxy) is 2. The van der Waals surface area contributed by atoms with E-state index in [1.54, 1.807) is 24.3 Å². The predicted molar refractivity (Wildman–Crippen MR) is 137 cm³/mol. The minimum atomic E-state index is -0.476. The number of methoxy groups -OCH3 is 1. The Labute approximate surface area is 212 Å². The molecular weight excluding hydrogens is 502 g/mol. The van der Waals surface area contributed by atoms with E-state index in [9.17, 15) is 9.59 Å². The lowest BCUT2D eigenvalue weighted by molar-refractivity contribution is -0.114. The fraction of sp³-hybridized carbons (Fsp3) is 0.261. The van der Waals surface area contributed by atoms with Gasteiger partial charge in [0.15, 0.2) is 17.3 Å². The first-order valence-electron chi connectivity index (χ1n) is 11.1. The van der Waals surface area contributed by atoms with Crippen molar-refractivity contribution in [2.75, 3.05) is 7.11 Å². The molecule has 1 N–H and O–H groups in total.